The molecule has 0 bridgehead atoms. The molecule has 0 saturated carbocycles. The molecule has 1 heterocycles. The Bertz CT molecular complexity index is 1070. The van der Waals surface area contributed by atoms with E-state index in [2.05, 4.69) is 21.3 Å². The Kier molecular flexibility index (Phi) is 7.00. The maximum absolute atomic E-state index is 13.6. The minimum atomic E-state index is -0.534. The van der Waals surface area contributed by atoms with Crippen molar-refractivity contribution in [1.29, 1.82) is 0 Å². The van der Waals surface area contributed by atoms with Gasteiger partial charge in [0.2, 0.25) is 0 Å². The number of aryl methyl sites for hydroxylation is 1. The molecular weight excluding hydrogens is 403 g/mol. The van der Waals surface area contributed by atoms with Crippen LogP contribution < -0.4 is 21.3 Å². The average molecular weight is 424 g/mol. The quantitative estimate of drug-likeness (QED) is 0.435. The highest BCUT2D eigenvalue weighted by molar-refractivity contribution is 6.00. The largest absolute Gasteiger partial charge is 0.459 e. The fourth-order valence-corrected chi connectivity index (χ4v) is 2.62. The zero-order valence-corrected chi connectivity index (χ0v) is 16.7. The molecule has 9 heteroatoms. The number of amides is 4. The summed E-state index contributed by atoms with van der Waals surface area (Å²) in [4.78, 5) is 35.9. The summed E-state index contributed by atoms with van der Waals surface area (Å²) >= 11 is 0. The summed E-state index contributed by atoms with van der Waals surface area (Å²) in [6.07, 6.45) is 1.40. The van der Waals surface area contributed by atoms with Crippen LogP contribution in [0.3, 0.4) is 0 Å². The van der Waals surface area contributed by atoms with Crippen molar-refractivity contribution in [3.8, 4) is 0 Å². The highest BCUT2D eigenvalue weighted by Crippen LogP contribution is 2.15. The third kappa shape index (κ3) is 6.17. The molecule has 3 rings (SSSR count). The molecule has 2 aromatic carbocycles. The Balaban J connectivity index is 1.43. The van der Waals surface area contributed by atoms with Gasteiger partial charge in [-0.1, -0.05) is 6.07 Å². The van der Waals surface area contributed by atoms with Crippen molar-refractivity contribution in [2.45, 2.75) is 6.92 Å². The fraction of sp³-hybridized carbons (Fsp3) is 0.136. The van der Waals surface area contributed by atoms with Gasteiger partial charge in [-0.3, -0.25) is 9.59 Å². The lowest BCUT2D eigenvalue weighted by Gasteiger charge is -2.09. The van der Waals surface area contributed by atoms with Gasteiger partial charge in [0.25, 0.3) is 11.8 Å². The summed E-state index contributed by atoms with van der Waals surface area (Å²) in [6.45, 7) is 2.11. The van der Waals surface area contributed by atoms with Gasteiger partial charge in [0.05, 0.1) is 6.26 Å². The smallest absolute Gasteiger partial charge is 0.323 e. The van der Waals surface area contributed by atoms with Crippen molar-refractivity contribution >= 4 is 29.2 Å². The summed E-state index contributed by atoms with van der Waals surface area (Å²) in [7, 11) is 0. The van der Waals surface area contributed by atoms with Crippen LogP contribution >= 0.6 is 0 Å². The van der Waals surface area contributed by atoms with Crippen molar-refractivity contribution in [3.05, 3.63) is 83.6 Å². The normalized spacial score (nSPS) is 10.3. The van der Waals surface area contributed by atoms with E-state index in [4.69, 9.17) is 4.42 Å². The molecule has 0 aliphatic rings. The molecule has 0 saturated heterocycles. The summed E-state index contributed by atoms with van der Waals surface area (Å²) in [5, 5.41) is 10.5. The van der Waals surface area contributed by atoms with E-state index >= 15 is 0 Å². The topological polar surface area (TPSA) is 112 Å². The minimum absolute atomic E-state index is 0.200. The Hall–Kier alpha value is -4.14. The van der Waals surface area contributed by atoms with Crippen LogP contribution in [-0.2, 0) is 0 Å². The summed E-state index contributed by atoms with van der Waals surface area (Å²) in [5.74, 6) is -0.889. The van der Waals surface area contributed by atoms with Crippen LogP contribution in [0, 0.1) is 12.7 Å². The third-order valence-electron chi connectivity index (χ3n) is 4.28. The Morgan fingerprint density at radius 2 is 1.52 bits per heavy atom. The first kappa shape index (κ1) is 21.6. The SMILES string of the molecule is Cc1ccc(NC(=O)Nc2ccc(C(=O)NCCNC(=O)c3ccco3)cc2)cc1F. The average Bonchev–Trinajstić information content (AvgIpc) is 3.29. The minimum Gasteiger partial charge on any atom is -0.459 e. The van der Waals surface area contributed by atoms with Crippen LogP contribution in [0.5, 0.6) is 0 Å². The first-order valence-electron chi connectivity index (χ1n) is 9.46. The highest BCUT2D eigenvalue weighted by atomic mass is 19.1. The number of carbonyl (C=O) groups excluding carboxylic acids is 3. The number of hydrogen-bond donors (Lipinski definition) is 4. The van der Waals surface area contributed by atoms with Crippen molar-refractivity contribution in [2.24, 2.45) is 0 Å². The first-order valence-corrected chi connectivity index (χ1v) is 9.46. The van der Waals surface area contributed by atoms with E-state index < -0.39 is 11.8 Å². The van der Waals surface area contributed by atoms with Crippen LogP contribution in [-0.4, -0.2) is 30.9 Å². The number of rotatable bonds is 7. The molecule has 1 aromatic heterocycles. The number of benzene rings is 2. The second kappa shape index (κ2) is 10.1. The number of furan rings is 1. The first-order chi connectivity index (χ1) is 14.9. The van der Waals surface area contributed by atoms with Gasteiger partial charge in [0.1, 0.15) is 5.82 Å². The maximum atomic E-state index is 13.6. The van der Waals surface area contributed by atoms with Gasteiger partial charge in [0.15, 0.2) is 5.76 Å². The van der Waals surface area contributed by atoms with E-state index in [0.29, 0.717) is 22.5 Å². The number of nitrogens with one attached hydrogen (secondary N) is 4. The molecule has 3 aromatic rings. The summed E-state index contributed by atoms with van der Waals surface area (Å²) in [6, 6.07) is 13.3. The molecule has 8 nitrogen and oxygen atoms in total. The van der Waals surface area contributed by atoms with E-state index in [-0.39, 0.29) is 30.7 Å². The fourth-order valence-electron chi connectivity index (χ4n) is 2.62. The Labute approximate surface area is 177 Å². The van der Waals surface area contributed by atoms with Gasteiger partial charge < -0.3 is 25.7 Å². The second-order valence-corrected chi connectivity index (χ2v) is 6.61. The van der Waals surface area contributed by atoms with Gasteiger partial charge in [-0.15, -0.1) is 0 Å². The summed E-state index contributed by atoms with van der Waals surface area (Å²) < 4.78 is 18.5. The number of hydrogen-bond acceptors (Lipinski definition) is 4. The molecule has 31 heavy (non-hydrogen) atoms. The molecule has 0 radical (unpaired) electrons. The Morgan fingerprint density at radius 3 is 2.16 bits per heavy atom. The number of urea groups is 1. The lowest BCUT2D eigenvalue weighted by molar-refractivity contribution is 0.0910. The molecular formula is C22H21FN4O4. The zero-order valence-electron chi connectivity index (χ0n) is 16.7. The zero-order chi connectivity index (χ0) is 22.2. The van der Waals surface area contributed by atoms with Gasteiger partial charge >= 0.3 is 6.03 Å². The van der Waals surface area contributed by atoms with Crippen molar-refractivity contribution in [2.75, 3.05) is 23.7 Å². The van der Waals surface area contributed by atoms with E-state index in [1.165, 1.54) is 12.3 Å². The van der Waals surface area contributed by atoms with Crippen LogP contribution in [0.1, 0.15) is 26.5 Å². The van der Waals surface area contributed by atoms with Crippen LogP contribution in [0.15, 0.2) is 65.3 Å². The predicted molar refractivity (Wildman–Crippen MR) is 114 cm³/mol. The van der Waals surface area contributed by atoms with Gasteiger partial charge in [-0.05, 0) is 61.0 Å². The standard InChI is InChI=1S/C22H21FN4O4/c1-14-4-7-17(13-18(14)23)27-22(30)26-16-8-5-15(6-9-16)20(28)24-10-11-25-21(29)19-3-2-12-31-19/h2-9,12-13H,10-11H2,1H3,(H,24,28)(H,25,29)(H2,26,27,30). The third-order valence-corrected chi connectivity index (χ3v) is 4.28. The lowest BCUT2D eigenvalue weighted by Crippen LogP contribution is -2.34. The van der Waals surface area contributed by atoms with Gasteiger partial charge in [0, 0.05) is 30.0 Å². The molecule has 0 fully saturated rings. The van der Waals surface area contributed by atoms with Gasteiger partial charge in [-0.25, -0.2) is 9.18 Å². The Morgan fingerprint density at radius 1 is 0.871 bits per heavy atom. The van der Waals surface area contributed by atoms with E-state index in [9.17, 15) is 18.8 Å². The number of carbonyl (C=O) groups is 3. The number of halogens is 1. The van der Waals surface area contributed by atoms with Crippen LogP contribution in [0.4, 0.5) is 20.6 Å². The van der Waals surface area contributed by atoms with Crippen molar-refractivity contribution < 1.29 is 23.2 Å². The van der Waals surface area contributed by atoms with E-state index in [1.54, 1.807) is 55.5 Å². The maximum Gasteiger partial charge on any atom is 0.323 e. The molecule has 160 valence electrons. The van der Waals surface area contributed by atoms with Crippen molar-refractivity contribution in [1.82, 2.24) is 10.6 Å². The molecule has 4 amide bonds. The molecule has 0 atom stereocenters. The number of anilines is 2. The van der Waals surface area contributed by atoms with E-state index in [0.717, 1.165) is 0 Å². The lowest BCUT2D eigenvalue weighted by atomic mass is 10.2. The molecule has 0 unspecified atom stereocenters. The molecule has 4 N–H and O–H groups in total. The second-order valence-electron chi connectivity index (χ2n) is 6.61. The summed E-state index contributed by atoms with van der Waals surface area (Å²) in [5.41, 5.74) is 1.67. The highest BCUT2D eigenvalue weighted by Gasteiger charge is 2.09. The van der Waals surface area contributed by atoms with Crippen LogP contribution in [0.25, 0.3) is 0 Å². The monoisotopic (exact) mass is 424 g/mol. The molecule has 0 aliphatic carbocycles. The van der Waals surface area contributed by atoms with Crippen LogP contribution in [0.2, 0.25) is 0 Å². The van der Waals surface area contributed by atoms with Gasteiger partial charge in [-0.2, -0.15) is 0 Å². The van der Waals surface area contributed by atoms with E-state index in [1.807, 2.05) is 0 Å². The molecule has 0 spiro atoms. The molecule has 0 aliphatic heterocycles. The predicted octanol–water partition coefficient (Wildman–Crippen LogP) is 3.53. The van der Waals surface area contributed by atoms with Crippen molar-refractivity contribution in [3.63, 3.8) is 0 Å².